The van der Waals surface area contributed by atoms with Crippen LogP contribution in [0.3, 0.4) is 0 Å². The number of carbonyl (C=O) groups is 2. The number of para-hydroxylation sites is 2. The van der Waals surface area contributed by atoms with Crippen LogP contribution in [0.2, 0.25) is 0 Å². The third kappa shape index (κ3) is 1.67. The van der Waals surface area contributed by atoms with Gasteiger partial charge in [0.2, 0.25) is 0 Å². The Morgan fingerprint density at radius 1 is 1.38 bits per heavy atom. The predicted octanol–water partition coefficient (Wildman–Crippen LogP) is -0.0112. The number of fused-ring (bicyclic) bond motifs is 1. The minimum atomic E-state index is -1.24. The maximum Gasteiger partial charge on any atom is 0.195 e. The van der Waals surface area contributed by atoms with Crippen LogP contribution in [0.15, 0.2) is 24.3 Å². The molecular weight excluding hydrogens is 208 g/mol. The topological polar surface area (TPSA) is 75.0 Å². The van der Waals surface area contributed by atoms with Gasteiger partial charge in [-0.25, -0.2) is 4.98 Å². The zero-order valence-electron chi connectivity index (χ0n) is 8.64. The highest BCUT2D eigenvalue weighted by molar-refractivity contribution is 5.95. The summed E-state index contributed by atoms with van der Waals surface area (Å²) < 4.78 is 1.35. The molecule has 82 valence electrons. The van der Waals surface area contributed by atoms with Crippen LogP contribution >= 0.6 is 0 Å². The van der Waals surface area contributed by atoms with Gasteiger partial charge < -0.3 is 14.5 Å². The zero-order chi connectivity index (χ0) is 11.7. The molecule has 0 unspecified atom stereocenters. The Balaban J connectivity index is 2.69. The largest absolute Gasteiger partial charge is 0.548 e. The monoisotopic (exact) mass is 217 g/mol. The second kappa shape index (κ2) is 3.77. The Kier molecular flexibility index (Phi) is 2.44. The van der Waals surface area contributed by atoms with E-state index in [-0.39, 0.29) is 18.2 Å². The van der Waals surface area contributed by atoms with Crippen molar-refractivity contribution < 1.29 is 14.7 Å². The molecule has 2 rings (SSSR count). The highest BCUT2D eigenvalue weighted by Crippen LogP contribution is 2.15. The van der Waals surface area contributed by atoms with Crippen LogP contribution < -0.4 is 5.11 Å². The number of hydrogen-bond donors (Lipinski definition) is 0. The summed E-state index contributed by atoms with van der Waals surface area (Å²) in [7, 11) is 0. The van der Waals surface area contributed by atoms with Gasteiger partial charge in [0.1, 0.15) is 0 Å². The molecule has 0 aliphatic heterocycles. The molecule has 0 N–H and O–H groups in total. The van der Waals surface area contributed by atoms with Gasteiger partial charge in [-0.05, 0) is 12.1 Å². The van der Waals surface area contributed by atoms with Crippen LogP contribution in [0.5, 0.6) is 0 Å². The summed E-state index contributed by atoms with van der Waals surface area (Å²) in [6, 6.07) is 6.99. The number of carboxylic acids is 1. The van der Waals surface area contributed by atoms with E-state index >= 15 is 0 Å². The molecular formula is C11H9N2O3-. The Morgan fingerprint density at radius 3 is 2.69 bits per heavy atom. The van der Waals surface area contributed by atoms with E-state index in [1.165, 1.54) is 11.5 Å². The summed E-state index contributed by atoms with van der Waals surface area (Å²) in [4.78, 5) is 26.0. The Morgan fingerprint density at radius 2 is 2.06 bits per heavy atom. The van der Waals surface area contributed by atoms with Crippen LogP contribution in [-0.4, -0.2) is 21.3 Å². The lowest BCUT2D eigenvalue weighted by Gasteiger charge is -2.07. The van der Waals surface area contributed by atoms with Crippen molar-refractivity contribution in [3.8, 4) is 0 Å². The van der Waals surface area contributed by atoms with Gasteiger partial charge in [0.25, 0.3) is 0 Å². The number of imidazole rings is 1. The summed E-state index contributed by atoms with van der Waals surface area (Å²) in [5.74, 6) is -1.37. The average molecular weight is 217 g/mol. The molecule has 1 aromatic heterocycles. The van der Waals surface area contributed by atoms with Crippen LogP contribution in [-0.2, 0) is 11.3 Å². The Hall–Kier alpha value is -2.17. The quantitative estimate of drug-likeness (QED) is 0.677. The Labute approximate surface area is 91.3 Å². The zero-order valence-corrected chi connectivity index (χ0v) is 8.64. The molecule has 5 heteroatoms. The van der Waals surface area contributed by atoms with E-state index < -0.39 is 5.97 Å². The molecule has 0 aliphatic carbocycles. The molecule has 0 radical (unpaired) electrons. The Bertz CT molecular complexity index is 572. The minimum Gasteiger partial charge on any atom is -0.548 e. The second-order valence-electron chi connectivity index (χ2n) is 3.44. The fraction of sp³-hybridized carbons (Fsp3) is 0.182. The summed E-state index contributed by atoms with van der Waals surface area (Å²) in [5, 5.41) is 10.6. The highest BCUT2D eigenvalue weighted by atomic mass is 16.4. The fourth-order valence-corrected chi connectivity index (χ4v) is 1.63. The predicted molar refractivity (Wildman–Crippen MR) is 54.7 cm³/mol. The van der Waals surface area contributed by atoms with Gasteiger partial charge in [-0.2, -0.15) is 0 Å². The summed E-state index contributed by atoms with van der Waals surface area (Å²) >= 11 is 0. The first-order valence-electron chi connectivity index (χ1n) is 4.75. The molecule has 0 spiro atoms. The molecule has 0 saturated heterocycles. The van der Waals surface area contributed by atoms with Gasteiger partial charge in [-0.3, -0.25) is 4.79 Å². The lowest BCUT2D eigenvalue weighted by Crippen LogP contribution is -2.28. The van der Waals surface area contributed by atoms with E-state index in [0.29, 0.717) is 11.0 Å². The van der Waals surface area contributed by atoms with Crippen molar-refractivity contribution in [3.63, 3.8) is 0 Å². The molecule has 0 fully saturated rings. The first kappa shape index (κ1) is 10.4. The molecule has 0 atom stereocenters. The number of hydrogen-bond acceptors (Lipinski definition) is 4. The summed E-state index contributed by atoms with van der Waals surface area (Å²) in [6.45, 7) is 0.989. The number of carboxylic acid groups (broad SMARTS) is 1. The minimum absolute atomic E-state index is 0.144. The number of carbonyl (C=O) groups excluding carboxylic acids is 2. The van der Waals surface area contributed by atoms with Gasteiger partial charge in [0.15, 0.2) is 11.6 Å². The molecule has 0 saturated carbocycles. The van der Waals surface area contributed by atoms with Crippen molar-refractivity contribution in [1.82, 2.24) is 9.55 Å². The number of benzene rings is 1. The number of Topliss-reactive ketones (excluding diaryl/α,β-unsaturated/α-hetero) is 1. The molecule has 0 amide bonds. The molecule has 2 aromatic rings. The van der Waals surface area contributed by atoms with Crippen molar-refractivity contribution in [2.75, 3.05) is 0 Å². The van der Waals surface area contributed by atoms with Gasteiger partial charge in [-0.15, -0.1) is 0 Å². The van der Waals surface area contributed by atoms with E-state index in [9.17, 15) is 14.7 Å². The van der Waals surface area contributed by atoms with Crippen LogP contribution in [0.25, 0.3) is 11.0 Å². The van der Waals surface area contributed by atoms with Crippen molar-refractivity contribution in [3.05, 3.63) is 30.1 Å². The maximum atomic E-state index is 11.3. The van der Waals surface area contributed by atoms with Crippen LogP contribution in [0.1, 0.15) is 17.5 Å². The number of ketones is 1. The van der Waals surface area contributed by atoms with Crippen LogP contribution in [0, 0.1) is 0 Å². The molecule has 0 bridgehead atoms. The number of rotatable bonds is 3. The van der Waals surface area contributed by atoms with Crippen molar-refractivity contribution in [2.45, 2.75) is 13.5 Å². The van der Waals surface area contributed by atoms with Gasteiger partial charge in [-0.1, -0.05) is 12.1 Å². The lowest BCUT2D eigenvalue weighted by atomic mass is 10.3. The molecule has 1 heterocycles. The van der Waals surface area contributed by atoms with Crippen LogP contribution in [0.4, 0.5) is 0 Å². The van der Waals surface area contributed by atoms with Crippen molar-refractivity contribution in [2.24, 2.45) is 0 Å². The van der Waals surface area contributed by atoms with Crippen molar-refractivity contribution >= 4 is 22.8 Å². The summed E-state index contributed by atoms with van der Waals surface area (Å²) in [5.41, 5.74) is 1.23. The third-order valence-electron chi connectivity index (χ3n) is 2.26. The highest BCUT2D eigenvalue weighted by Gasteiger charge is 2.13. The first-order chi connectivity index (χ1) is 7.59. The van der Waals surface area contributed by atoms with E-state index in [0.717, 1.165) is 0 Å². The SMILES string of the molecule is CC(=O)c1nc2ccccc2n1CC(=O)[O-]. The summed E-state index contributed by atoms with van der Waals surface area (Å²) in [6.07, 6.45) is 0. The number of aromatic nitrogens is 2. The van der Waals surface area contributed by atoms with E-state index in [1.807, 2.05) is 0 Å². The second-order valence-corrected chi connectivity index (χ2v) is 3.44. The molecule has 1 aromatic carbocycles. The molecule has 16 heavy (non-hydrogen) atoms. The van der Waals surface area contributed by atoms with Gasteiger partial charge in [0.05, 0.1) is 23.5 Å². The van der Waals surface area contributed by atoms with E-state index in [4.69, 9.17) is 0 Å². The third-order valence-corrected chi connectivity index (χ3v) is 2.26. The van der Waals surface area contributed by atoms with Gasteiger partial charge >= 0.3 is 0 Å². The smallest absolute Gasteiger partial charge is 0.195 e. The van der Waals surface area contributed by atoms with E-state index in [1.54, 1.807) is 24.3 Å². The first-order valence-corrected chi connectivity index (χ1v) is 4.75. The van der Waals surface area contributed by atoms with Crippen molar-refractivity contribution in [1.29, 1.82) is 0 Å². The average Bonchev–Trinajstić information content (AvgIpc) is 2.57. The van der Waals surface area contributed by atoms with E-state index in [2.05, 4.69) is 4.98 Å². The normalized spacial score (nSPS) is 10.6. The number of nitrogens with zero attached hydrogens (tertiary/aromatic N) is 2. The lowest BCUT2D eigenvalue weighted by molar-refractivity contribution is -0.306. The molecule has 0 aliphatic rings. The maximum absolute atomic E-state index is 11.3. The fourth-order valence-electron chi connectivity index (χ4n) is 1.63. The van der Waals surface area contributed by atoms with Gasteiger partial charge in [0, 0.05) is 6.92 Å². The standard InChI is InChI=1S/C11H10N2O3/c1-7(14)11-12-8-4-2-3-5-9(8)13(11)6-10(15)16/h2-5H,6H2,1H3,(H,15,16)/p-1. The molecule has 5 nitrogen and oxygen atoms in total. The number of aliphatic carboxylic acids is 1.